The van der Waals surface area contributed by atoms with Gasteiger partial charge in [-0.15, -0.1) is 0 Å². The van der Waals surface area contributed by atoms with Crippen LogP contribution in [-0.4, -0.2) is 6.71 Å². The van der Waals surface area contributed by atoms with Crippen LogP contribution in [0.2, 0.25) is 0 Å². The molecule has 0 bridgehead atoms. The first-order valence-electron chi connectivity index (χ1n) is 30.9. The average Bonchev–Trinajstić information content (AvgIpc) is 0.767. The van der Waals surface area contributed by atoms with Crippen LogP contribution in [-0.2, 0) is 0 Å². The van der Waals surface area contributed by atoms with Crippen LogP contribution in [0.4, 0.5) is 34.1 Å². The van der Waals surface area contributed by atoms with Crippen molar-refractivity contribution in [1.82, 2.24) is 0 Å². The molecule has 0 fully saturated rings. The highest BCUT2D eigenvalue weighted by molar-refractivity contribution is 7.00. The van der Waals surface area contributed by atoms with Crippen LogP contribution in [0.1, 0.15) is 0 Å². The third-order valence-corrected chi connectivity index (χ3v) is 18.4. The van der Waals surface area contributed by atoms with E-state index in [-0.39, 0.29) is 6.71 Å². The predicted octanol–water partition coefficient (Wildman–Crippen LogP) is 21.4. The van der Waals surface area contributed by atoms with Crippen molar-refractivity contribution in [1.29, 1.82) is 0 Å². The highest BCUT2D eigenvalue weighted by atomic mass is 15.2. The van der Waals surface area contributed by atoms with Gasteiger partial charge in [-0.1, -0.05) is 322 Å². The number of fused-ring (bicyclic) bond motifs is 6. The number of nitrogens with zero attached hydrogens (tertiary/aromatic N) is 2. The molecule has 0 unspecified atom stereocenters. The summed E-state index contributed by atoms with van der Waals surface area (Å²) in [5, 5.41) is 4.75. The van der Waals surface area contributed by atoms with Gasteiger partial charge in [-0.05, 0) is 129 Å². The van der Waals surface area contributed by atoms with E-state index in [0.29, 0.717) is 0 Å². The Morgan fingerprint density at radius 2 is 0.461 bits per heavy atom. The molecule has 2 heterocycles. The monoisotopic (exact) mass is 1130 g/mol. The maximum atomic E-state index is 2.65. The maximum absolute atomic E-state index is 2.65. The molecule has 0 spiro atoms. The molecule has 0 atom stereocenters. The quantitative estimate of drug-likeness (QED) is 0.0995. The van der Waals surface area contributed by atoms with Crippen LogP contribution in [0.25, 0.3) is 111 Å². The first-order valence-corrected chi connectivity index (χ1v) is 30.9. The molecule has 17 rings (SSSR count). The first kappa shape index (κ1) is 51.9. The lowest BCUT2D eigenvalue weighted by molar-refractivity contribution is 1.25. The molecule has 0 aliphatic carbocycles. The van der Waals surface area contributed by atoms with Gasteiger partial charge in [0.05, 0.1) is 11.4 Å². The summed E-state index contributed by atoms with van der Waals surface area (Å²) in [7, 11) is 0. The van der Waals surface area contributed by atoms with Crippen molar-refractivity contribution in [2.24, 2.45) is 0 Å². The van der Waals surface area contributed by atoms with Crippen LogP contribution >= 0.6 is 0 Å². The minimum atomic E-state index is -0.121. The third-order valence-electron chi connectivity index (χ3n) is 18.4. The topological polar surface area (TPSA) is 6.48 Å². The van der Waals surface area contributed by atoms with Crippen LogP contribution in [0.3, 0.4) is 0 Å². The number of hydrogen-bond acceptors (Lipinski definition) is 2. The Hall–Kier alpha value is -11.5. The Kier molecular flexibility index (Phi) is 12.7. The van der Waals surface area contributed by atoms with Gasteiger partial charge >= 0.3 is 0 Å². The zero-order valence-electron chi connectivity index (χ0n) is 48.9. The van der Waals surface area contributed by atoms with E-state index in [1.807, 2.05) is 0 Å². The Morgan fingerprint density at radius 1 is 0.191 bits per heavy atom. The fraction of sp³-hybridized carbons (Fsp3) is 0. The molecule has 0 saturated heterocycles. The zero-order valence-corrected chi connectivity index (χ0v) is 48.9. The van der Waals surface area contributed by atoms with E-state index >= 15 is 0 Å². The van der Waals surface area contributed by atoms with E-state index in [0.717, 1.165) is 84.2 Å². The summed E-state index contributed by atoms with van der Waals surface area (Å²) in [4.78, 5) is 5.29. The molecule has 0 radical (unpaired) electrons. The van der Waals surface area contributed by atoms with E-state index in [1.165, 1.54) is 76.9 Å². The molecule has 0 aromatic heterocycles. The van der Waals surface area contributed by atoms with Crippen molar-refractivity contribution < 1.29 is 0 Å². The summed E-state index contributed by atoms with van der Waals surface area (Å²) < 4.78 is 0. The van der Waals surface area contributed by atoms with Crippen molar-refractivity contribution >= 4 is 78.8 Å². The lowest BCUT2D eigenvalue weighted by atomic mass is 9.33. The normalized spacial score (nSPS) is 12.2. The minimum absolute atomic E-state index is 0.121. The van der Waals surface area contributed by atoms with Crippen molar-refractivity contribution in [2.45, 2.75) is 0 Å². The lowest BCUT2D eigenvalue weighted by Gasteiger charge is -2.46. The molecule has 0 saturated carbocycles. The summed E-state index contributed by atoms with van der Waals surface area (Å²) in [6, 6.07) is 128. The minimum Gasteiger partial charge on any atom is -0.310 e. The maximum Gasteiger partial charge on any atom is 0.252 e. The lowest BCUT2D eigenvalue weighted by Crippen LogP contribution is -2.61. The highest BCUT2D eigenvalue weighted by Crippen LogP contribution is 2.56. The second-order valence-electron chi connectivity index (χ2n) is 23.3. The third kappa shape index (κ3) is 8.57. The SMILES string of the molecule is c1ccc(-c2cccc(-c3ccccc3)c2-c2c3ccccc3c(-c3cc4c5c(c3)N(c3c(-c6ccccc6)cccc3-c3ccccc3)c3ccccc3B5c3ccccc3N4c3c(-c4ccccc4)cccc3-c3ccccc3)c3ccccc23)cc1. The molecular formula is C86H57BN2. The van der Waals surface area contributed by atoms with Crippen molar-refractivity contribution in [3.05, 3.63) is 346 Å². The summed E-state index contributed by atoms with van der Waals surface area (Å²) in [6.07, 6.45) is 0. The number of anilines is 6. The molecule has 0 N–H and O–H groups in total. The smallest absolute Gasteiger partial charge is 0.252 e. The zero-order chi connectivity index (χ0) is 58.8. The van der Waals surface area contributed by atoms with Gasteiger partial charge in [0.25, 0.3) is 6.71 Å². The molecule has 2 aliphatic rings. The van der Waals surface area contributed by atoms with E-state index in [9.17, 15) is 0 Å². The van der Waals surface area contributed by atoms with Crippen LogP contribution in [0.5, 0.6) is 0 Å². The van der Waals surface area contributed by atoms with Gasteiger partial charge in [0.1, 0.15) is 0 Å². The second kappa shape index (κ2) is 21.8. The molecule has 0 amide bonds. The first-order chi connectivity index (χ1) is 44.2. The van der Waals surface area contributed by atoms with Crippen molar-refractivity contribution in [2.75, 3.05) is 9.80 Å². The Balaban J connectivity index is 1.05. The molecule has 2 nitrogen and oxygen atoms in total. The van der Waals surface area contributed by atoms with Crippen LogP contribution < -0.4 is 26.2 Å². The standard InChI is InChI=1S/C86H57BN2/c1-7-30-58(31-8-1)65-46-27-47-66(59-32-9-2-10-33-59)82(65)83-73-44-21-19-42-71(73)81(72-43-20-22-45-74(72)83)64-56-79-84-80(57-64)89(86-69(62-38-15-5-16-39-62)50-29-51-70(86)63-40-17-6-18-41-63)78-55-26-24-53-76(78)87(84)75-52-23-25-54-77(75)88(79)85-67(60-34-11-3-12-35-60)48-28-49-68(85)61-36-13-4-14-37-61/h1-57H. The van der Waals surface area contributed by atoms with E-state index in [1.54, 1.807) is 0 Å². The molecule has 3 heteroatoms. The molecule has 15 aromatic carbocycles. The van der Waals surface area contributed by atoms with Crippen LogP contribution in [0, 0.1) is 0 Å². The molecular weight excluding hydrogens is 1070 g/mol. The van der Waals surface area contributed by atoms with Crippen LogP contribution in [0.15, 0.2) is 346 Å². The van der Waals surface area contributed by atoms with Gasteiger partial charge in [0.2, 0.25) is 0 Å². The van der Waals surface area contributed by atoms with Gasteiger partial charge in [-0.3, -0.25) is 0 Å². The van der Waals surface area contributed by atoms with E-state index < -0.39 is 0 Å². The van der Waals surface area contributed by atoms with Crippen molar-refractivity contribution in [3.63, 3.8) is 0 Å². The Morgan fingerprint density at radius 3 is 0.798 bits per heavy atom. The largest absolute Gasteiger partial charge is 0.310 e. The number of para-hydroxylation sites is 4. The molecule has 2 aliphatic heterocycles. The fourth-order valence-electron chi connectivity index (χ4n) is 14.7. The second-order valence-corrected chi connectivity index (χ2v) is 23.3. The van der Waals surface area contributed by atoms with Gasteiger partial charge in [-0.2, -0.15) is 0 Å². The number of hydrogen-bond donors (Lipinski definition) is 0. The highest BCUT2D eigenvalue weighted by Gasteiger charge is 2.45. The van der Waals surface area contributed by atoms with Gasteiger partial charge in [-0.25, -0.2) is 0 Å². The fourth-order valence-corrected chi connectivity index (χ4v) is 14.7. The summed E-state index contributed by atoms with van der Waals surface area (Å²) in [6.45, 7) is -0.121. The Bertz CT molecular complexity index is 4750. The Labute approximate surface area is 520 Å². The number of benzene rings is 15. The van der Waals surface area contributed by atoms with Crippen molar-refractivity contribution in [3.8, 4) is 89.0 Å². The molecule has 15 aromatic rings. The average molecular weight is 1130 g/mol. The van der Waals surface area contributed by atoms with Gasteiger partial charge in [0.15, 0.2) is 0 Å². The molecule has 414 valence electrons. The summed E-state index contributed by atoms with van der Waals surface area (Å²) in [5.41, 5.74) is 29.3. The van der Waals surface area contributed by atoms with E-state index in [2.05, 4.69) is 356 Å². The van der Waals surface area contributed by atoms with E-state index in [4.69, 9.17) is 0 Å². The molecule has 89 heavy (non-hydrogen) atoms. The summed E-state index contributed by atoms with van der Waals surface area (Å²) >= 11 is 0. The van der Waals surface area contributed by atoms with Gasteiger partial charge in [0, 0.05) is 45.0 Å². The summed E-state index contributed by atoms with van der Waals surface area (Å²) in [5.74, 6) is 0. The predicted molar refractivity (Wildman–Crippen MR) is 379 cm³/mol. The number of rotatable bonds is 10. The van der Waals surface area contributed by atoms with Gasteiger partial charge < -0.3 is 9.80 Å².